The van der Waals surface area contributed by atoms with Gasteiger partial charge in [-0.1, -0.05) is 6.92 Å². The minimum Gasteiger partial charge on any atom is -0.483 e. The van der Waals surface area contributed by atoms with Crippen LogP contribution in [0.25, 0.3) is 0 Å². The van der Waals surface area contributed by atoms with Crippen molar-refractivity contribution in [1.82, 2.24) is 5.32 Å². The predicted molar refractivity (Wildman–Crippen MR) is 65.2 cm³/mol. The molecule has 0 spiro atoms. The highest BCUT2D eigenvalue weighted by molar-refractivity contribution is 5.96. The third-order valence-corrected chi connectivity index (χ3v) is 2.25. The van der Waals surface area contributed by atoms with Crippen LogP contribution in [0.4, 0.5) is 4.39 Å². The summed E-state index contributed by atoms with van der Waals surface area (Å²) in [5, 5.41) is 2.62. The number of ether oxygens (including phenoxy) is 1. The molecule has 0 heterocycles. The van der Waals surface area contributed by atoms with Gasteiger partial charge in [0, 0.05) is 12.6 Å². The minimum atomic E-state index is -0.510. The number of benzene rings is 1. The van der Waals surface area contributed by atoms with Crippen molar-refractivity contribution in [1.29, 1.82) is 0 Å². The molecule has 0 aliphatic carbocycles. The van der Waals surface area contributed by atoms with Crippen LogP contribution in [0.5, 0.6) is 5.75 Å². The molecule has 18 heavy (non-hydrogen) atoms. The maximum absolute atomic E-state index is 13.0. The first-order valence-corrected chi connectivity index (χ1v) is 5.74. The van der Waals surface area contributed by atoms with Crippen LogP contribution in [0, 0.1) is 5.82 Å². The van der Waals surface area contributed by atoms with Gasteiger partial charge in [-0.3, -0.25) is 9.59 Å². The third kappa shape index (κ3) is 4.16. The number of hydrogen-bond donors (Lipinski definition) is 1. The van der Waals surface area contributed by atoms with Gasteiger partial charge in [0.1, 0.15) is 11.6 Å². The van der Waals surface area contributed by atoms with Crippen LogP contribution < -0.4 is 10.1 Å². The zero-order valence-electron chi connectivity index (χ0n) is 10.5. The molecule has 0 aliphatic rings. The summed E-state index contributed by atoms with van der Waals surface area (Å²) in [5.41, 5.74) is 0.264. The van der Waals surface area contributed by atoms with Gasteiger partial charge < -0.3 is 10.1 Å². The van der Waals surface area contributed by atoms with E-state index in [-0.39, 0.29) is 29.6 Å². The molecule has 0 fully saturated rings. The van der Waals surface area contributed by atoms with E-state index >= 15 is 0 Å². The molecule has 0 saturated carbocycles. The Morgan fingerprint density at radius 3 is 2.72 bits per heavy atom. The fourth-order valence-electron chi connectivity index (χ4n) is 1.37. The Morgan fingerprint density at radius 1 is 1.39 bits per heavy atom. The predicted octanol–water partition coefficient (Wildman–Crippen LogP) is 1.93. The number of carbonyl (C=O) groups is 2. The zero-order chi connectivity index (χ0) is 13.5. The number of ketones is 1. The first-order valence-electron chi connectivity index (χ1n) is 5.74. The molecular weight excluding hydrogens is 237 g/mol. The Kier molecular flexibility index (Phi) is 5.30. The second-order valence-electron chi connectivity index (χ2n) is 3.84. The zero-order valence-corrected chi connectivity index (χ0v) is 10.5. The van der Waals surface area contributed by atoms with Crippen LogP contribution >= 0.6 is 0 Å². The number of carbonyl (C=O) groups excluding carboxylic acids is 2. The van der Waals surface area contributed by atoms with E-state index in [2.05, 4.69) is 5.32 Å². The average molecular weight is 253 g/mol. The molecule has 1 aromatic carbocycles. The number of rotatable bonds is 6. The monoisotopic (exact) mass is 253 g/mol. The normalized spacial score (nSPS) is 9.94. The second kappa shape index (κ2) is 6.74. The fraction of sp³-hybridized carbons (Fsp3) is 0.385. The van der Waals surface area contributed by atoms with Crippen molar-refractivity contribution in [3.05, 3.63) is 29.6 Å². The first-order chi connectivity index (χ1) is 8.54. The second-order valence-corrected chi connectivity index (χ2v) is 3.84. The molecule has 0 atom stereocenters. The molecule has 0 saturated heterocycles. The number of Topliss-reactive ketones (excluding diaryl/α,β-unsaturated/α-hetero) is 1. The Bertz CT molecular complexity index is 446. The SMILES string of the molecule is CCCNC(=O)COc1cc(F)ccc1C(C)=O. The summed E-state index contributed by atoms with van der Waals surface area (Å²) in [4.78, 5) is 22.6. The van der Waals surface area contributed by atoms with E-state index < -0.39 is 5.82 Å². The van der Waals surface area contributed by atoms with Crippen molar-refractivity contribution >= 4 is 11.7 Å². The maximum atomic E-state index is 13.0. The lowest BCUT2D eigenvalue weighted by Crippen LogP contribution is -2.29. The third-order valence-electron chi connectivity index (χ3n) is 2.25. The molecule has 4 nitrogen and oxygen atoms in total. The molecule has 1 rings (SSSR count). The lowest BCUT2D eigenvalue weighted by atomic mass is 10.1. The summed E-state index contributed by atoms with van der Waals surface area (Å²) in [5.74, 6) is -0.951. The smallest absolute Gasteiger partial charge is 0.257 e. The molecule has 1 N–H and O–H groups in total. The highest BCUT2D eigenvalue weighted by Crippen LogP contribution is 2.20. The van der Waals surface area contributed by atoms with Gasteiger partial charge in [0.25, 0.3) is 5.91 Å². The van der Waals surface area contributed by atoms with Crippen molar-refractivity contribution < 1.29 is 18.7 Å². The van der Waals surface area contributed by atoms with Crippen LogP contribution in [-0.2, 0) is 4.79 Å². The van der Waals surface area contributed by atoms with Crippen LogP contribution in [0.3, 0.4) is 0 Å². The van der Waals surface area contributed by atoms with Gasteiger partial charge in [0.2, 0.25) is 0 Å². The number of amides is 1. The molecule has 0 radical (unpaired) electrons. The van der Waals surface area contributed by atoms with Gasteiger partial charge >= 0.3 is 0 Å². The molecular formula is C13H16FNO3. The lowest BCUT2D eigenvalue weighted by molar-refractivity contribution is -0.123. The Labute approximate surface area is 105 Å². The fourth-order valence-corrected chi connectivity index (χ4v) is 1.37. The summed E-state index contributed by atoms with van der Waals surface area (Å²) < 4.78 is 18.2. The van der Waals surface area contributed by atoms with Gasteiger partial charge in [0.05, 0.1) is 5.56 Å². The highest BCUT2D eigenvalue weighted by Gasteiger charge is 2.11. The van der Waals surface area contributed by atoms with E-state index in [1.165, 1.54) is 19.1 Å². The van der Waals surface area contributed by atoms with E-state index in [1.54, 1.807) is 0 Å². The maximum Gasteiger partial charge on any atom is 0.257 e. The molecule has 5 heteroatoms. The first kappa shape index (κ1) is 14.2. The van der Waals surface area contributed by atoms with Crippen molar-refractivity contribution in [3.8, 4) is 5.75 Å². The molecule has 0 aliphatic heterocycles. The van der Waals surface area contributed by atoms with Crippen molar-refractivity contribution in [3.63, 3.8) is 0 Å². The van der Waals surface area contributed by atoms with Gasteiger partial charge in [-0.15, -0.1) is 0 Å². The highest BCUT2D eigenvalue weighted by atomic mass is 19.1. The van der Waals surface area contributed by atoms with Crippen molar-refractivity contribution in [2.24, 2.45) is 0 Å². The Balaban J connectivity index is 2.68. The Morgan fingerprint density at radius 2 is 2.11 bits per heavy atom. The van der Waals surface area contributed by atoms with Crippen molar-refractivity contribution in [2.75, 3.05) is 13.2 Å². The van der Waals surface area contributed by atoms with Crippen LogP contribution in [0.2, 0.25) is 0 Å². The topological polar surface area (TPSA) is 55.4 Å². The van der Waals surface area contributed by atoms with Gasteiger partial charge in [-0.25, -0.2) is 4.39 Å². The standard InChI is InChI=1S/C13H16FNO3/c1-3-6-15-13(17)8-18-12-7-10(14)4-5-11(12)9(2)16/h4-5,7H,3,6,8H2,1-2H3,(H,15,17). The number of nitrogens with one attached hydrogen (secondary N) is 1. The molecule has 98 valence electrons. The summed E-state index contributed by atoms with van der Waals surface area (Å²) >= 11 is 0. The lowest BCUT2D eigenvalue weighted by Gasteiger charge is -2.09. The number of hydrogen-bond acceptors (Lipinski definition) is 3. The Hall–Kier alpha value is -1.91. The summed E-state index contributed by atoms with van der Waals surface area (Å²) in [7, 11) is 0. The summed E-state index contributed by atoms with van der Waals surface area (Å²) in [6, 6.07) is 3.63. The van der Waals surface area contributed by atoms with E-state index in [0.29, 0.717) is 6.54 Å². The summed E-state index contributed by atoms with van der Waals surface area (Å²) in [6.45, 7) is 3.62. The molecule has 0 unspecified atom stereocenters. The summed E-state index contributed by atoms with van der Waals surface area (Å²) in [6.07, 6.45) is 0.824. The van der Waals surface area contributed by atoms with Gasteiger partial charge in [-0.2, -0.15) is 0 Å². The van der Waals surface area contributed by atoms with Gasteiger partial charge in [-0.05, 0) is 25.5 Å². The van der Waals surface area contributed by atoms with E-state index in [0.717, 1.165) is 12.5 Å². The van der Waals surface area contributed by atoms with E-state index in [9.17, 15) is 14.0 Å². The quantitative estimate of drug-likeness (QED) is 0.788. The number of halogens is 1. The van der Waals surface area contributed by atoms with Crippen molar-refractivity contribution in [2.45, 2.75) is 20.3 Å². The van der Waals surface area contributed by atoms with Gasteiger partial charge in [0.15, 0.2) is 12.4 Å². The minimum absolute atomic E-state index is 0.0918. The molecule has 1 aromatic rings. The molecule has 0 bridgehead atoms. The average Bonchev–Trinajstić information content (AvgIpc) is 2.33. The molecule has 0 aromatic heterocycles. The molecule has 1 amide bonds. The van der Waals surface area contributed by atoms with Crippen LogP contribution in [-0.4, -0.2) is 24.8 Å². The largest absolute Gasteiger partial charge is 0.483 e. The van der Waals surface area contributed by atoms with Crippen LogP contribution in [0.1, 0.15) is 30.6 Å². The van der Waals surface area contributed by atoms with Crippen LogP contribution in [0.15, 0.2) is 18.2 Å². The van der Waals surface area contributed by atoms with E-state index in [1.807, 2.05) is 6.92 Å². The van der Waals surface area contributed by atoms with E-state index in [4.69, 9.17) is 4.74 Å².